The topological polar surface area (TPSA) is 90.4 Å². The molecule has 1 aromatic carbocycles. The van der Waals surface area contributed by atoms with Crippen LogP contribution >= 0.6 is 0 Å². The molecular weight excluding hydrogens is 542 g/mol. The molecule has 2 fully saturated rings. The number of nitrogens with zero attached hydrogens (tertiary/aromatic N) is 3. The Hall–Kier alpha value is -2.97. The van der Waals surface area contributed by atoms with E-state index in [0.29, 0.717) is 32.6 Å². The number of hydrogen-bond donors (Lipinski definition) is 1. The summed E-state index contributed by atoms with van der Waals surface area (Å²) in [6.07, 6.45) is 11.1. The summed E-state index contributed by atoms with van der Waals surface area (Å²) in [5.74, 6) is -1.87. The highest BCUT2D eigenvalue weighted by atomic mass is 16.5. The third kappa shape index (κ3) is 6.05. The number of aliphatic hydroxyl groups excluding tert-OH is 1. The van der Waals surface area contributed by atoms with E-state index in [1.807, 2.05) is 59.5 Å². The minimum absolute atomic E-state index is 0.00557. The summed E-state index contributed by atoms with van der Waals surface area (Å²) in [5.41, 5.74) is -0.645. The number of ether oxygens (including phenoxy) is 1. The van der Waals surface area contributed by atoms with Crippen LogP contribution in [0.15, 0.2) is 54.6 Å². The molecule has 1 N–H and O–H groups in total. The van der Waals surface area contributed by atoms with Crippen molar-refractivity contribution in [2.24, 2.45) is 17.3 Å². The zero-order valence-corrected chi connectivity index (χ0v) is 26.5. The highest BCUT2D eigenvalue weighted by Gasteiger charge is 2.72. The molecule has 4 aliphatic rings. The summed E-state index contributed by atoms with van der Waals surface area (Å²) in [6.45, 7) is 12.6. The van der Waals surface area contributed by atoms with Crippen LogP contribution in [0, 0.1) is 17.3 Å². The van der Waals surface area contributed by atoms with Crippen molar-refractivity contribution >= 4 is 17.7 Å². The van der Waals surface area contributed by atoms with Crippen molar-refractivity contribution in [2.75, 3.05) is 26.2 Å². The molecule has 0 aliphatic carbocycles. The lowest BCUT2D eigenvalue weighted by Crippen LogP contribution is -2.59. The van der Waals surface area contributed by atoms with Crippen LogP contribution in [0.1, 0.15) is 72.3 Å². The standard InChI is InChI=1S/C35H49N3O5/c1-33(2,3)24-34(4,5)38-21-14-18-35-28(31(41)37(29(35)32(38)42)20-11-6-7-12-22-39)27-26(43-35)17-13-19-36(30(27)40)23-25-15-9-8-10-16-25/h8-10,13-18,26-29,39H,6-7,11-12,19-24H2,1-5H3/t26-,27+,28-,29?,35-/m0/s1. The summed E-state index contributed by atoms with van der Waals surface area (Å²) in [5, 5.41) is 9.23. The van der Waals surface area contributed by atoms with Crippen LogP contribution in [0.5, 0.6) is 0 Å². The highest BCUT2D eigenvalue weighted by Crippen LogP contribution is 2.54. The first-order valence-corrected chi connectivity index (χ1v) is 16.0. The van der Waals surface area contributed by atoms with Crippen LogP contribution in [0.3, 0.4) is 0 Å². The zero-order valence-electron chi connectivity index (χ0n) is 26.5. The normalized spacial score (nSPS) is 29.1. The first-order valence-electron chi connectivity index (χ1n) is 16.0. The van der Waals surface area contributed by atoms with Gasteiger partial charge in [-0.1, -0.05) is 88.2 Å². The molecule has 3 amide bonds. The number of unbranched alkanes of at least 4 members (excludes halogenated alkanes) is 3. The van der Waals surface area contributed by atoms with Gasteiger partial charge in [-0.3, -0.25) is 14.4 Å². The van der Waals surface area contributed by atoms with Crippen LogP contribution in [-0.4, -0.2) is 87.1 Å². The number of amides is 3. The van der Waals surface area contributed by atoms with E-state index in [2.05, 4.69) is 34.6 Å². The Labute approximate surface area is 256 Å². The predicted octanol–water partition coefficient (Wildman–Crippen LogP) is 4.33. The number of fused-ring (bicyclic) bond motifs is 2. The second kappa shape index (κ2) is 12.2. The van der Waals surface area contributed by atoms with Gasteiger partial charge in [0.2, 0.25) is 17.7 Å². The third-order valence-electron chi connectivity index (χ3n) is 9.46. The number of carbonyl (C=O) groups excluding carboxylic acids is 3. The minimum Gasteiger partial charge on any atom is -0.396 e. The van der Waals surface area contributed by atoms with Crippen LogP contribution < -0.4 is 0 Å². The monoisotopic (exact) mass is 591 g/mol. The molecule has 4 aliphatic heterocycles. The van der Waals surface area contributed by atoms with Crippen LogP contribution in [0.4, 0.5) is 0 Å². The van der Waals surface area contributed by atoms with Gasteiger partial charge in [0, 0.05) is 38.3 Å². The van der Waals surface area contributed by atoms with E-state index in [0.717, 1.165) is 31.2 Å². The Morgan fingerprint density at radius 1 is 0.907 bits per heavy atom. The third-order valence-corrected chi connectivity index (χ3v) is 9.46. The van der Waals surface area contributed by atoms with Crippen molar-refractivity contribution in [2.45, 2.75) is 96.6 Å². The molecule has 0 radical (unpaired) electrons. The molecule has 8 heteroatoms. The van der Waals surface area contributed by atoms with Gasteiger partial charge in [-0.25, -0.2) is 0 Å². The molecule has 1 spiro atoms. The fraction of sp³-hybridized carbons (Fsp3) is 0.629. The van der Waals surface area contributed by atoms with Crippen LogP contribution in [-0.2, 0) is 25.7 Å². The maximum absolute atomic E-state index is 14.7. The summed E-state index contributed by atoms with van der Waals surface area (Å²) in [6, 6.07) is 9.04. The smallest absolute Gasteiger partial charge is 0.249 e. The second-order valence-electron chi connectivity index (χ2n) is 14.5. The quantitative estimate of drug-likeness (QED) is 0.323. The van der Waals surface area contributed by atoms with Gasteiger partial charge < -0.3 is 24.5 Å². The molecule has 8 nitrogen and oxygen atoms in total. The maximum atomic E-state index is 14.7. The summed E-state index contributed by atoms with van der Waals surface area (Å²) in [4.78, 5) is 48.9. The van der Waals surface area contributed by atoms with Crippen molar-refractivity contribution < 1.29 is 24.2 Å². The predicted molar refractivity (Wildman–Crippen MR) is 166 cm³/mol. The lowest BCUT2D eigenvalue weighted by Gasteiger charge is -2.44. The highest BCUT2D eigenvalue weighted by molar-refractivity contribution is 6.00. The van der Waals surface area contributed by atoms with E-state index in [1.54, 1.807) is 9.80 Å². The van der Waals surface area contributed by atoms with Gasteiger partial charge in [-0.2, -0.15) is 0 Å². The molecule has 5 atom stereocenters. The maximum Gasteiger partial charge on any atom is 0.249 e. The van der Waals surface area contributed by atoms with Crippen LogP contribution in [0.25, 0.3) is 0 Å². The molecule has 0 saturated carbocycles. The van der Waals surface area contributed by atoms with E-state index >= 15 is 0 Å². The number of likely N-dealkylation sites (tertiary alicyclic amines) is 1. The molecular formula is C35H49N3O5. The fourth-order valence-electron chi connectivity index (χ4n) is 8.06. The molecule has 0 bridgehead atoms. The largest absolute Gasteiger partial charge is 0.396 e. The van der Waals surface area contributed by atoms with Crippen molar-refractivity contribution in [3.63, 3.8) is 0 Å². The zero-order chi connectivity index (χ0) is 31.0. The first kappa shape index (κ1) is 31.5. The van der Waals surface area contributed by atoms with Crippen LogP contribution in [0.2, 0.25) is 0 Å². The fourth-order valence-corrected chi connectivity index (χ4v) is 8.06. The summed E-state index contributed by atoms with van der Waals surface area (Å²) in [7, 11) is 0. The SMILES string of the molecule is CC(C)(C)CC(C)(C)N1CC=C[C@]23O[C@H]4C=CCN(Cc5ccccc5)C(=O)[C@H]4[C@H]2C(=O)N(CCCCCCO)C3C1=O. The molecule has 0 aromatic heterocycles. The Kier molecular flexibility index (Phi) is 8.92. The molecule has 2 saturated heterocycles. The molecule has 234 valence electrons. The minimum atomic E-state index is -1.21. The molecule has 1 aromatic rings. The second-order valence-corrected chi connectivity index (χ2v) is 14.5. The summed E-state index contributed by atoms with van der Waals surface area (Å²) < 4.78 is 6.82. The molecule has 5 rings (SSSR count). The number of aliphatic hydroxyl groups is 1. The van der Waals surface area contributed by atoms with Crippen molar-refractivity contribution in [1.29, 1.82) is 0 Å². The first-order chi connectivity index (χ1) is 20.4. The van der Waals surface area contributed by atoms with E-state index < -0.39 is 35.1 Å². The Morgan fingerprint density at radius 2 is 1.63 bits per heavy atom. The van der Waals surface area contributed by atoms with Gasteiger partial charge in [-0.05, 0) is 44.1 Å². The van der Waals surface area contributed by atoms with E-state index in [1.165, 1.54) is 0 Å². The van der Waals surface area contributed by atoms with Gasteiger partial charge in [-0.15, -0.1) is 0 Å². The van der Waals surface area contributed by atoms with Gasteiger partial charge in [0.15, 0.2) is 0 Å². The number of rotatable bonds is 10. The molecule has 1 unspecified atom stereocenters. The van der Waals surface area contributed by atoms with Gasteiger partial charge in [0.1, 0.15) is 11.6 Å². The number of hydrogen-bond acceptors (Lipinski definition) is 5. The van der Waals surface area contributed by atoms with Gasteiger partial charge in [0.25, 0.3) is 0 Å². The van der Waals surface area contributed by atoms with Crippen molar-refractivity contribution in [3.8, 4) is 0 Å². The average Bonchev–Trinajstić information content (AvgIpc) is 3.24. The lowest BCUT2D eigenvalue weighted by atomic mass is 9.77. The number of benzene rings is 1. The van der Waals surface area contributed by atoms with E-state index in [9.17, 15) is 19.5 Å². The van der Waals surface area contributed by atoms with E-state index in [-0.39, 0.29) is 29.7 Å². The number of carbonyl (C=O) groups is 3. The molecule has 43 heavy (non-hydrogen) atoms. The van der Waals surface area contributed by atoms with Gasteiger partial charge in [0.05, 0.1) is 17.9 Å². The summed E-state index contributed by atoms with van der Waals surface area (Å²) >= 11 is 0. The molecule has 4 heterocycles. The van der Waals surface area contributed by atoms with E-state index in [4.69, 9.17) is 4.74 Å². The Morgan fingerprint density at radius 3 is 2.33 bits per heavy atom. The Balaban J connectivity index is 1.51. The van der Waals surface area contributed by atoms with Crippen molar-refractivity contribution in [1.82, 2.24) is 14.7 Å². The average molecular weight is 592 g/mol. The van der Waals surface area contributed by atoms with Crippen molar-refractivity contribution in [3.05, 3.63) is 60.2 Å². The lowest BCUT2D eigenvalue weighted by molar-refractivity contribution is -0.152. The van der Waals surface area contributed by atoms with Gasteiger partial charge >= 0.3 is 0 Å². The Bertz CT molecular complexity index is 1250.